The fourth-order valence-electron chi connectivity index (χ4n) is 1.36. The number of nitrogens with two attached hydrogens (primary N) is 1. The van der Waals surface area contributed by atoms with Crippen LogP contribution in [0, 0.1) is 6.92 Å². The van der Waals surface area contributed by atoms with Crippen molar-refractivity contribution in [1.29, 1.82) is 0 Å². The summed E-state index contributed by atoms with van der Waals surface area (Å²) in [6.07, 6.45) is 0. The fourth-order valence-corrected chi connectivity index (χ4v) is 1.36. The molecule has 0 spiro atoms. The van der Waals surface area contributed by atoms with Crippen molar-refractivity contribution in [2.75, 3.05) is 18.2 Å². The summed E-state index contributed by atoms with van der Waals surface area (Å²) in [5, 5.41) is 7.29. The van der Waals surface area contributed by atoms with E-state index in [4.69, 9.17) is 10.5 Å². The smallest absolute Gasteiger partial charge is 0.225 e. The van der Waals surface area contributed by atoms with Gasteiger partial charge in [0.05, 0.1) is 7.11 Å². The number of rotatable bonds is 3. The Morgan fingerprint density at radius 3 is 2.65 bits per heavy atom. The SMILES string of the molecule is COc1cc(Nc2cc(C)n(C)n2)nc(N)n1. The Hall–Kier alpha value is -2.31. The maximum Gasteiger partial charge on any atom is 0.225 e. The standard InChI is InChI=1S/C10H14N6O/c1-6-4-8(15-16(6)2)12-7-5-9(17-3)14-10(11)13-7/h4-5H,1-3H3,(H3,11,12,13,14,15). The lowest BCUT2D eigenvalue weighted by molar-refractivity contribution is 0.398. The largest absolute Gasteiger partial charge is 0.481 e. The topological polar surface area (TPSA) is 90.9 Å². The van der Waals surface area contributed by atoms with Crippen molar-refractivity contribution >= 4 is 17.6 Å². The Kier molecular flexibility index (Phi) is 2.82. The molecule has 0 aliphatic carbocycles. The van der Waals surface area contributed by atoms with Gasteiger partial charge in [-0.1, -0.05) is 0 Å². The Balaban J connectivity index is 2.26. The van der Waals surface area contributed by atoms with Gasteiger partial charge in [0.1, 0.15) is 5.82 Å². The van der Waals surface area contributed by atoms with Gasteiger partial charge >= 0.3 is 0 Å². The van der Waals surface area contributed by atoms with Crippen LogP contribution in [0.2, 0.25) is 0 Å². The average molecular weight is 234 g/mol. The van der Waals surface area contributed by atoms with Crippen molar-refractivity contribution in [2.45, 2.75) is 6.92 Å². The number of anilines is 3. The lowest BCUT2D eigenvalue weighted by Crippen LogP contribution is -2.02. The quantitative estimate of drug-likeness (QED) is 0.818. The summed E-state index contributed by atoms with van der Waals surface area (Å²) in [6.45, 7) is 1.97. The van der Waals surface area contributed by atoms with E-state index in [-0.39, 0.29) is 5.95 Å². The van der Waals surface area contributed by atoms with Crippen molar-refractivity contribution in [3.05, 3.63) is 17.8 Å². The zero-order valence-corrected chi connectivity index (χ0v) is 9.93. The first-order valence-electron chi connectivity index (χ1n) is 5.04. The third-order valence-corrected chi connectivity index (χ3v) is 2.30. The van der Waals surface area contributed by atoms with E-state index in [1.54, 1.807) is 10.7 Å². The van der Waals surface area contributed by atoms with E-state index in [1.807, 2.05) is 20.0 Å². The van der Waals surface area contributed by atoms with E-state index >= 15 is 0 Å². The highest BCUT2D eigenvalue weighted by atomic mass is 16.5. The van der Waals surface area contributed by atoms with Gasteiger partial charge in [-0.3, -0.25) is 4.68 Å². The molecule has 0 radical (unpaired) electrons. The molecular weight excluding hydrogens is 220 g/mol. The minimum Gasteiger partial charge on any atom is -0.481 e. The van der Waals surface area contributed by atoms with Crippen LogP contribution in [0.5, 0.6) is 5.88 Å². The normalized spacial score (nSPS) is 10.3. The van der Waals surface area contributed by atoms with E-state index in [2.05, 4.69) is 20.4 Å². The monoisotopic (exact) mass is 234 g/mol. The third-order valence-electron chi connectivity index (χ3n) is 2.30. The van der Waals surface area contributed by atoms with Crippen LogP contribution in [0.15, 0.2) is 12.1 Å². The Morgan fingerprint density at radius 2 is 2.06 bits per heavy atom. The van der Waals surface area contributed by atoms with E-state index in [0.29, 0.717) is 17.5 Å². The van der Waals surface area contributed by atoms with Crippen molar-refractivity contribution < 1.29 is 4.74 Å². The van der Waals surface area contributed by atoms with E-state index in [0.717, 1.165) is 5.69 Å². The van der Waals surface area contributed by atoms with Gasteiger partial charge in [0.15, 0.2) is 5.82 Å². The molecule has 0 aliphatic rings. The van der Waals surface area contributed by atoms with Crippen LogP contribution in [0.1, 0.15) is 5.69 Å². The summed E-state index contributed by atoms with van der Waals surface area (Å²) < 4.78 is 6.77. The van der Waals surface area contributed by atoms with Crippen molar-refractivity contribution in [2.24, 2.45) is 7.05 Å². The number of aryl methyl sites for hydroxylation is 2. The number of nitrogens with one attached hydrogen (secondary N) is 1. The molecule has 7 nitrogen and oxygen atoms in total. The molecule has 0 fully saturated rings. The highest BCUT2D eigenvalue weighted by Crippen LogP contribution is 2.18. The van der Waals surface area contributed by atoms with Crippen molar-refractivity contribution in [1.82, 2.24) is 19.7 Å². The number of methoxy groups -OCH3 is 1. The lowest BCUT2D eigenvalue weighted by atomic mass is 10.4. The highest BCUT2D eigenvalue weighted by Gasteiger charge is 2.05. The second kappa shape index (κ2) is 4.28. The summed E-state index contributed by atoms with van der Waals surface area (Å²) in [7, 11) is 3.39. The number of hydrogen-bond donors (Lipinski definition) is 2. The van der Waals surface area contributed by atoms with Crippen LogP contribution in [-0.2, 0) is 7.05 Å². The number of ether oxygens (including phenoxy) is 1. The van der Waals surface area contributed by atoms with E-state index in [1.165, 1.54) is 7.11 Å². The first kappa shape index (κ1) is 11.2. The summed E-state index contributed by atoms with van der Waals surface area (Å²) in [6, 6.07) is 3.56. The Labute approximate surface area is 98.6 Å². The lowest BCUT2D eigenvalue weighted by Gasteiger charge is -2.05. The molecule has 2 aromatic rings. The predicted octanol–water partition coefficient (Wildman–Crippen LogP) is 0.853. The first-order chi connectivity index (χ1) is 8.08. The summed E-state index contributed by atoms with van der Waals surface area (Å²) >= 11 is 0. The van der Waals surface area contributed by atoms with Crippen molar-refractivity contribution in [3.63, 3.8) is 0 Å². The Bertz CT molecular complexity index is 516. The van der Waals surface area contributed by atoms with Gasteiger partial charge in [-0.2, -0.15) is 15.1 Å². The van der Waals surface area contributed by atoms with Gasteiger partial charge in [0, 0.05) is 24.9 Å². The second-order valence-electron chi connectivity index (χ2n) is 3.57. The van der Waals surface area contributed by atoms with Crippen LogP contribution in [-0.4, -0.2) is 26.9 Å². The van der Waals surface area contributed by atoms with Gasteiger partial charge < -0.3 is 15.8 Å². The zero-order chi connectivity index (χ0) is 12.4. The highest BCUT2D eigenvalue weighted by molar-refractivity contribution is 5.54. The molecule has 0 aliphatic heterocycles. The molecule has 2 aromatic heterocycles. The zero-order valence-electron chi connectivity index (χ0n) is 9.93. The number of nitrogen functional groups attached to an aromatic ring is 1. The molecule has 0 bridgehead atoms. The summed E-state index contributed by atoms with van der Waals surface area (Å²) in [5.41, 5.74) is 6.60. The van der Waals surface area contributed by atoms with Crippen LogP contribution in [0.3, 0.4) is 0 Å². The molecule has 0 saturated heterocycles. The molecule has 2 rings (SSSR count). The molecule has 90 valence electrons. The predicted molar refractivity (Wildman–Crippen MR) is 64.2 cm³/mol. The van der Waals surface area contributed by atoms with Gasteiger partial charge in [-0.05, 0) is 6.92 Å². The Morgan fingerprint density at radius 1 is 1.29 bits per heavy atom. The molecule has 2 heterocycles. The fraction of sp³-hybridized carbons (Fsp3) is 0.300. The maximum absolute atomic E-state index is 5.56. The van der Waals surface area contributed by atoms with Gasteiger partial charge in [0.25, 0.3) is 0 Å². The van der Waals surface area contributed by atoms with Gasteiger partial charge in [0.2, 0.25) is 11.8 Å². The summed E-state index contributed by atoms with van der Waals surface area (Å²) in [4.78, 5) is 7.94. The molecular formula is C10H14N6O. The number of aromatic nitrogens is 4. The average Bonchev–Trinajstić information content (AvgIpc) is 2.57. The summed E-state index contributed by atoms with van der Waals surface area (Å²) in [5.74, 6) is 1.81. The minimum absolute atomic E-state index is 0.152. The van der Waals surface area contributed by atoms with E-state index < -0.39 is 0 Å². The first-order valence-corrected chi connectivity index (χ1v) is 5.04. The van der Waals surface area contributed by atoms with Crippen LogP contribution in [0.25, 0.3) is 0 Å². The molecule has 0 aromatic carbocycles. The van der Waals surface area contributed by atoms with Crippen LogP contribution < -0.4 is 15.8 Å². The molecule has 17 heavy (non-hydrogen) atoms. The second-order valence-corrected chi connectivity index (χ2v) is 3.57. The minimum atomic E-state index is 0.152. The van der Waals surface area contributed by atoms with Crippen LogP contribution >= 0.6 is 0 Å². The van der Waals surface area contributed by atoms with Crippen LogP contribution in [0.4, 0.5) is 17.6 Å². The number of hydrogen-bond acceptors (Lipinski definition) is 6. The molecule has 7 heteroatoms. The van der Waals surface area contributed by atoms with E-state index in [9.17, 15) is 0 Å². The van der Waals surface area contributed by atoms with Gasteiger partial charge in [-0.15, -0.1) is 0 Å². The third kappa shape index (κ3) is 2.44. The number of nitrogens with zero attached hydrogens (tertiary/aromatic N) is 4. The van der Waals surface area contributed by atoms with Crippen molar-refractivity contribution in [3.8, 4) is 5.88 Å². The molecule has 0 unspecified atom stereocenters. The maximum atomic E-state index is 5.56. The van der Waals surface area contributed by atoms with Gasteiger partial charge in [-0.25, -0.2) is 0 Å². The molecule has 0 atom stereocenters. The molecule has 3 N–H and O–H groups in total. The molecule has 0 saturated carbocycles. The molecule has 0 amide bonds.